The summed E-state index contributed by atoms with van der Waals surface area (Å²) in [6, 6.07) is 15.2. The Hall–Kier alpha value is -0.680. The predicted molar refractivity (Wildman–Crippen MR) is 89.4 cm³/mol. The Morgan fingerprint density at radius 2 is 1.83 bits per heavy atom. The van der Waals surface area contributed by atoms with Gasteiger partial charge in [-0.2, -0.15) is 0 Å². The monoisotopic (exact) mass is 369 g/mol. The molecule has 2 aromatic rings. The van der Waals surface area contributed by atoms with E-state index in [-0.39, 0.29) is 0 Å². The number of rotatable bonds is 4. The molecule has 0 aliphatic carbocycles. The maximum absolute atomic E-state index is 3.48. The summed E-state index contributed by atoms with van der Waals surface area (Å²) in [5, 5.41) is 3.48. The lowest BCUT2D eigenvalue weighted by Crippen LogP contribution is -2.01. The van der Waals surface area contributed by atoms with Crippen LogP contribution < -0.4 is 5.32 Å². The zero-order valence-corrected chi connectivity index (χ0v) is 13.5. The van der Waals surface area contributed by atoms with E-state index in [2.05, 4.69) is 83.6 Å². The molecule has 1 N–H and O–H groups in total. The standard InChI is InChI=1S/C15H16INS/c1-11-9-13(16)5-8-15(11)17-10-12-3-6-14(18-2)7-4-12/h3-9,17H,10H2,1-2H3. The summed E-state index contributed by atoms with van der Waals surface area (Å²) < 4.78 is 1.28. The van der Waals surface area contributed by atoms with Crippen LogP contribution >= 0.6 is 34.4 Å². The molecule has 0 unspecified atom stereocenters. The third kappa shape index (κ3) is 3.65. The third-order valence-corrected chi connectivity index (χ3v) is 4.25. The minimum Gasteiger partial charge on any atom is -0.381 e. The summed E-state index contributed by atoms with van der Waals surface area (Å²) in [4.78, 5) is 1.31. The average Bonchev–Trinajstić information content (AvgIpc) is 2.38. The molecule has 3 heteroatoms. The Balaban J connectivity index is 2.02. The van der Waals surface area contributed by atoms with Gasteiger partial charge in [-0.15, -0.1) is 11.8 Å². The van der Waals surface area contributed by atoms with Crippen LogP contribution in [0.5, 0.6) is 0 Å². The van der Waals surface area contributed by atoms with Crippen LogP contribution in [0.25, 0.3) is 0 Å². The van der Waals surface area contributed by atoms with Gasteiger partial charge in [-0.05, 0) is 77.2 Å². The fourth-order valence-electron chi connectivity index (χ4n) is 1.77. The van der Waals surface area contributed by atoms with Crippen molar-refractivity contribution in [2.24, 2.45) is 0 Å². The molecule has 18 heavy (non-hydrogen) atoms. The molecule has 0 aromatic heterocycles. The first-order valence-corrected chi connectivity index (χ1v) is 8.12. The number of hydrogen-bond acceptors (Lipinski definition) is 2. The summed E-state index contributed by atoms with van der Waals surface area (Å²) in [7, 11) is 0. The summed E-state index contributed by atoms with van der Waals surface area (Å²) in [5.74, 6) is 0. The number of aryl methyl sites for hydroxylation is 1. The lowest BCUT2D eigenvalue weighted by molar-refractivity contribution is 1.13. The number of halogens is 1. The molecule has 0 aliphatic rings. The summed E-state index contributed by atoms with van der Waals surface area (Å²) in [6.45, 7) is 3.01. The largest absolute Gasteiger partial charge is 0.381 e. The van der Waals surface area contributed by atoms with Crippen molar-refractivity contribution in [1.82, 2.24) is 0 Å². The van der Waals surface area contributed by atoms with Crippen LogP contribution in [-0.2, 0) is 6.54 Å². The minimum atomic E-state index is 0.871. The number of hydrogen-bond donors (Lipinski definition) is 1. The molecule has 2 aromatic carbocycles. The highest BCUT2D eigenvalue weighted by Crippen LogP contribution is 2.19. The van der Waals surface area contributed by atoms with Crippen molar-refractivity contribution in [3.63, 3.8) is 0 Å². The van der Waals surface area contributed by atoms with Gasteiger partial charge >= 0.3 is 0 Å². The SMILES string of the molecule is CSc1ccc(CNc2ccc(I)cc2C)cc1. The zero-order valence-electron chi connectivity index (χ0n) is 10.5. The smallest absolute Gasteiger partial charge is 0.0400 e. The van der Waals surface area contributed by atoms with E-state index in [1.165, 1.54) is 25.3 Å². The highest BCUT2D eigenvalue weighted by Gasteiger charge is 1.99. The second-order valence-electron chi connectivity index (χ2n) is 4.16. The minimum absolute atomic E-state index is 0.871. The quantitative estimate of drug-likeness (QED) is 0.606. The first-order chi connectivity index (χ1) is 8.69. The van der Waals surface area contributed by atoms with Gasteiger partial charge in [0.2, 0.25) is 0 Å². The lowest BCUT2D eigenvalue weighted by atomic mass is 10.2. The average molecular weight is 369 g/mol. The maximum Gasteiger partial charge on any atom is 0.0400 e. The summed E-state index contributed by atoms with van der Waals surface area (Å²) >= 11 is 4.11. The van der Waals surface area contributed by atoms with Crippen LogP contribution in [0.1, 0.15) is 11.1 Å². The molecule has 0 heterocycles. The van der Waals surface area contributed by atoms with Crippen molar-refractivity contribution in [2.75, 3.05) is 11.6 Å². The number of benzene rings is 2. The highest BCUT2D eigenvalue weighted by molar-refractivity contribution is 14.1. The Kier molecular flexibility index (Phi) is 4.95. The van der Waals surface area contributed by atoms with E-state index in [0.29, 0.717) is 0 Å². The van der Waals surface area contributed by atoms with Crippen LogP contribution in [-0.4, -0.2) is 6.26 Å². The molecular weight excluding hydrogens is 353 g/mol. The molecule has 94 valence electrons. The van der Waals surface area contributed by atoms with Crippen molar-refractivity contribution < 1.29 is 0 Å². The van der Waals surface area contributed by atoms with Gasteiger partial charge in [0, 0.05) is 20.7 Å². The molecule has 1 nitrogen and oxygen atoms in total. The van der Waals surface area contributed by atoms with E-state index in [1.54, 1.807) is 11.8 Å². The van der Waals surface area contributed by atoms with Gasteiger partial charge in [-0.1, -0.05) is 12.1 Å². The van der Waals surface area contributed by atoms with E-state index in [9.17, 15) is 0 Å². The van der Waals surface area contributed by atoms with E-state index in [0.717, 1.165) is 6.54 Å². The number of anilines is 1. The zero-order chi connectivity index (χ0) is 13.0. The molecule has 0 atom stereocenters. The molecule has 2 rings (SSSR count). The predicted octanol–water partition coefficient (Wildman–Crippen LogP) is 4.93. The molecule has 0 radical (unpaired) electrons. The molecule has 0 saturated carbocycles. The second-order valence-corrected chi connectivity index (χ2v) is 6.29. The summed E-state index contributed by atoms with van der Waals surface area (Å²) in [6.07, 6.45) is 2.10. The maximum atomic E-state index is 3.48. The van der Waals surface area contributed by atoms with Gasteiger partial charge in [-0.3, -0.25) is 0 Å². The van der Waals surface area contributed by atoms with Crippen LogP contribution in [0.15, 0.2) is 47.4 Å². The summed E-state index contributed by atoms with van der Waals surface area (Å²) in [5.41, 5.74) is 3.82. The van der Waals surface area contributed by atoms with Gasteiger partial charge in [0.1, 0.15) is 0 Å². The molecule has 0 saturated heterocycles. The van der Waals surface area contributed by atoms with Crippen molar-refractivity contribution in [1.29, 1.82) is 0 Å². The van der Waals surface area contributed by atoms with Crippen LogP contribution in [0, 0.1) is 10.5 Å². The molecule has 0 spiro atoms. The molecule has 0 bridgehead atoms. The Morgan fingerprint density at radius 3 is 2.44 bits per heavy atom. The fraction of sp³-hybridized carbons (Fsp3) is 0.200. The van der Waals surface area contributed by atoms with E-state index in [4.69, 9.17) is 0 Å². The van der Waals surface area contributed by atoms with Crippen LogP contribution in [0.2, 0.25) is 0 Å². The van der Waals surface area contributed by atoms with E-state index >= 15 is 0 Å². The first-order valence-electron chi connectivity index (χ1n) is 5.82. The van der Waals surface area contributed by atoms with Gasteiger partial charge < -0.3 is 5.32 Å². The van der Waals surface area contributed by atoms with Crippen LogP contribution in [0.3, 0.4) is 0 Å². The first kappa shape index (κ1) is 13.7. The topological polar surface area (TPSA) is 12.0 Å². The van der Waals surface area contributed by atoms with Crippen molar-refractivity contribution in [3.05, 3.63) is 57.2 Å². The second kappa shape index (κ2) is 6.48. The van der Waals surface area contributed by atoms with Gasteiger partial charge in [0.15, 0.2) is 0 Å². The Morgan fingerprint density at radius 1 is 1.11 bits per heavy atom. The molecule has 0 amide bonds. The Bertz CT molecular complexity index is 523. The highest BCUT2D eigenvalue weighted by atomic mass is 127. The van der Waals surface area contributed by atoms with Gasteiger partial charge in [0.05, 0.1) is 0 Å². The Labute approximate surface area is 127 Å². The van der Waals surface area contributed by atoms with Crippen LogP contribution in [0.4, 0.5) is 5.69 Å². The van der Waals surface area contributed by atoms with Gasteiger partial charge in [-0.25, -0.2) is 0 Å². The normalized spacial score (nSPS) is 10.4. The van der Waals surface area contributed by atoms with Crippen molar-refractivity contribution in [3.8, 4) is 0 Å². The number of thioether (sulfide) groups is 1. The van der Waals surface area contributed by atoms with Gasteiger partial charge in [0.25, 0.3) is 0 Å². The van der Waals surface area contributed by atoms with Crippen molar-refractivity contribution >= 4 is 40.0 Å². The molecule has 0 aliphatic heterocycles. The van der Waals surface area contributed by atoms with Crippen molar-refractivity contribution in [2.45, 2.75) is 18.4 Å². The molecular formula is C15H16INS. The fourth-order valence-corrected chi connectivity index (χ4v) is 2.82. The van der Waals surface area contributed by atoms with E-state index < -0.39 is 0 Å². The molecule has 0 fully saturated rings. The lowest BCUT2D eigenvalue weighted by Gasteiger charge is -2.10. The number of nitrogens with one attached hydrogen (secondary N) is 1. The third-order valence-electron chi connectivity index (χ3n) is 2.83. The van der Waals surface area contributed by atoms with E-state index in [1.807, 2.05) is 0 Å².